The Morgan fingerprint density at radius 2 is 1.97 bits per heavy atom. The highest BCUT2D eigenvalue weighted by molar-refractivity contribution is 5.89. The highest BCUT2D eigenvalue weighted by atomic mass is 19.1. The molecule has 3 aromatic rings. The van der Waals surface area contributed by atoms with Gasteiger partial charge in [-0.05, 0) is 58.7 Å². The molecule has 0 saturated heterocycles. The Morgan fingerprint density at radius 1 is 1.28 bits per heavy atom. The molecule has 2 heterocycles. The van der Waals surface area contributed by atoms with Gasteiger partial charge in [-0.3, -0.25) is 4.68 Å². The number of ether oxygens (including phenoxy) is 2. The molecule has 1 aromatic carbocycles. The summed E-state index contributed by atoms with van der Waals surface area (Å²) in [5, 5.41) is 14.3. The van der Waals surface area contributed by atoms with Crippen LogP contribution < -0.4 is 10.5 Å². The Kier molecular flexibility index (Phi) is 7.54. The number of aryl methyl sites for hydroxylation is 1. The molecule has 2 aromatic heterocycles. The minimum atomic E-state index is -1.26. The van der Waals surface area contributed by atoms with Crippen LogP contribution in [-0.4, -0.2) is 49.5 Å². The monoisotopic (exact) mass is 539 g/mol. The van der Waals surface area contributed by atoms with E-state index in [9.17, 15) is 19.1 Å². The van der Waals surface area contributed by atoms with Crippen molar-refractivity contribution in [2.24, 2.45) is 7.05 Å². The first-order valence-electron chi connectivity index (χ1n) is 12.7. The van der Waals surface area contributed by atoms with Gasteiger partial charge >= 0.3 is 12.1 Å². The summed E-state index contributed by atoms with van der Waals surface area (Å²) in [5.41, 5.74) is 8.86. The summed E-state index contributed by atoms with van der Waals surface area (Å²) in [7, 11) is 3.50. The fourth-order valence-electron chi connectivity index (χ4n) is 4.36. The van der Waals surface area contributed by atoms with Gasteiger partial charge in [0.1, 0.15) is 17.5 Å². The third-order valence-corrected chi connectivity index (χ3v) is 6.41. The summed E-state index contributed by atoms with van der Waals surface area (Å²) >= 11 is 0. The third-order valence-electron chi connectivity index (χ3n) is 6.41. The van der Waals surface area contributed by atoms with E-state index in [4.69, 9.17) is 20.3 Å². The Hall–Kier alpha value is -4.15. The largest absolute Gasteiger partial charge is 0.482 e. The van der Waals surface area contributed by atoms with Crippen molar-refractivity contribution < 1.29 is 28.6 Å². The number of carbonyl (C=O) groups is 2. The fourth-order valence-corrected chi connectivity index (χ4v) is 4.36. The molecule has 3 N–H and O–H groups in total. The SMILES string of the molecule is CC(Oc1cc(-c2c(C3CC3)nn(C)c2CN(C)C(=O)OC(C)(C)C)cnc1N)c1ccc(F)cc1C(=O)O. The van der Waals surface area contributed by atoms with Crippen molar-refractivity contribution >= 4 is 17.9 Å². The number of nitrogens with zero attached hydrogens (tertiary/aromatic N) is 4. The molecule has 1 fully saturated rings. The van der Waals surface area contributed by atoms with Gasteiger partial charge < -0.3 is 25.2 Å². The van der Waals surface area contributed by atoms with E-state index in [0.717, 1.165) is 35.9 Å². The highest BCUT2D eigenvalue weighted by Crippen LogP contribution is 2.46. The zero-order valence-electron chi connectivity index (χ0n) is 23.0. The molecule has 0 aliphatic heterocycles. The van der Waals surface area contributed by atoms with E-state index < -0.39 is 29.6 Å². The maximum Gasteiger partial charge on any atom is 0.410 e. The lowest BCUT2D eigenvalue weighted by molar-refractivity contribution is 0.0281. The topological polar surface area (TPSA) is 133 Å². The van der Waals surface area contributed by atoms with Crippen LogP contribution in [0, 0.1) is 5.82 Å². The molecule has 1 saturated carbocycles. The van der Waals surface area contributed by atoms with Crippen molar-refractivity contribution in [3.05, 3.63) is 58.8 Å². The molecule has 208 valence electrons. The van der Waals surface area contributed by atoms with Gasteiger partial charge in [0.25, 0.3) is 0 Å². The number of aromatic nitrogens is 3. The van der Waals surface area contributed by atoms with Crippen molar-refractivity contribution in [2.45, 2.75) is 64.7 Å². The summed E-state index contributed by atoms with van der Waals surface area (Å²) in [6, 6.07) is 5.27. The molecule has 10 nitrogen and oxygen atoms in total. The molecule has 1 amide bonds. The average Bonchev–Trinajstić information content (AvgIpc) is 3.63. The van der Waals surface area contributed by atoms with Gasteiger partial charge in [0.15, 0.2) is 11.6 Å². The van der Waals surface area contributed by atoms with Gasteiger partial charge in [-0.1, -0.05) is 6.07 Å². The van der Waals surface area contributed by atoms with Crippen LogP contribution >= 0.6 is 0 Å². The molecule has 39 heavy (non-hydrogen) atoms. The summed E-state index contributed by atoms with van der Waals surface area (Å²) in [6.07, 6.45) is 2.44. The average molecular weight is 540 g/mol. The molecule has 0 spiro atoms. The Bertz CT molecular complexity index is 1410. The maximum atomic E-state index is 13.7. The maximum absolute atomic E-state index is 13.7. The summed E-state index contributed by atoms with van der Waals surface area (Å²) < 4.78 is 27.1. The van der Waals surface area contributed by atoms with E-state index in [2.05, 4.69) is 4.98 Å². The summed E-state index contributed by atoms with van der Waals surface area (Å²) in [6.45, 7) is 7.34. The lowest BCUT2D eigenvalue weighted by Gasteiger charge is -2.25. The number of benzene rings is 1. The number of hydrogen-bond donors (Lipinski definition) is 2. The van der Waals surface area contributed by atoms with Gasteiger partial charge in [0.2, 0.25) is 0 Å². The third kappa shape index (κ3) is 6.30. The van der Waals surface area contributed by atoms with Crippen LogP contribution in [0.1, 0.15) is 79.9 Å². The Morgan fingerprint density at radius 3 is 2.59 bits per heavy atom. The second-order valence-corrected chi connectivity index (χ2v) is 10.8. The van der Waals surface area contributed by atoms with Crippen molar-refractivity contribution in [1.29, 1.82) is 0 Å². The van der Waals surface area contributed by atoms with Crippen LogP contribution in [-0.2, 0) is 18.3 Å². The fraction of sp³-hybridized carbons (Fsp3) is 0.429. The molecule has 4 rings (SSSR count). The number of hydrogen-bond acceptors (Lipinski definition) is 7. The molecular weight excluding hydrogens is 505 g/mol. The van der Waals surface area contributed by atoms with Crippen LogP contribution in [0.25, 0.3) is 11.1 Å². The number of nitrogen functional groups attached to an aromatic ring is 1. The van der Waals surface area contributed by atoms with Gasteiger partial charge in [0.05, 0.1) is 23.5 Å². The summed E-state index contributed by atoms with van der Waals surface area (Å²) in [5.74, 6) is -1.25. The van der Waals surface area contributed by atoms with Gasteiger partial charge in [-0.15, -0.1) is 0 Å². The summed E-state index contributed by atoms with van der Waals surface area (Å²) in [4.78, 5) is 30.2. The second kappa shape index (κ2) is 10.5. The molecular formula is C28H34FN5O5. The van der Waals surface area contributed by atoms with Gasteiger partial charge in [-0.25, -0.2) is 19.0 Å². The molecule has 11 heteroatoms. The minimum absolute atomic E-state index is 0.119. The number of carboxylic acid groups (broad SMARTS) is 1. The van der Waals surface area contributed by atoms with Crippen molar-refractivity contribution in [1.82, 2.24) is 19.7 Å². The van der Waals surface area contributed by atoms with Gasteiger partial charge in [-0.2, -0.15) is 5.10 Å². The number of pyridine rings is 1. The van der Waals surface area contributed by atoms with Crippen LogP contribution in [0.15, 0.2) is 30.5 Å². The molecule has 1 atom stereocenters. The number of aromatic carboxylic acids is 1. The number of anilines is 1. The zero-order chi connectivity index (χ0) is 28.6. The first kappa shape index (κ1) is 27.9. The lowest BCUT2D eigenvalue weighted by atomic mass is 10.0. The van der Waals surface area contributed by atoms with Crippen molar-refractivity contribution in [2.75, 3.05) is 12.8 Å². The van der Waals surface area contributed by atoms with Crippen molar-refractivity contribution in [3.8, 4) is 16.9 Å². The number of nitrogens with two attached hydrogens (primary N) is 1. The van der Waals surface area contributed by atoms with Crippen LogP contribution in [0.3, 0.4) is 0 Å². The van der Waals surface area contributed by atoms with E-state index in [1.807, 2.05) is 27.8 Å². The minimum Gasteiger partial charge on any atom is -0.482 e. The Labute approximate surface area is 226 Å². The molecule has 0 bridgehead atoms. The number of carbonyl (C=O) groups excluding carboxylic acids is 1. The van der Waals surface area contributed by atoms with E-state index in [1.165, 1.54) is 17.0 Å². The Balaban J connectivity index is 1.69. The zero-order valence-corrected chi connectivity index (χ0v) is 23.0. The number of carboxylic acids is 1. The normalized spacial score (nSPS) is 14.1. The number of rotatable bonds is 8. The van der Waals surface area contributed by atoms with Crippen LogP contribution in [0.5, 0.6) is 5.75 Å². The van der Waals surface area contributed by atoms with E-state index in [1.54, 1.807) is 30.9 Å². The van der Waals surface area contributed by atoms with Gasteiger partial charge in [0, 0.05) is 42.9 Å². The molecule has 1 aliphatic carbocycles. The quantitative estimate of drug-likeness (QED) is 0.395. The van der Waals surface area contributed by atoms with Crippen LogP contribution in [0.2, 0.25) is 0 Å². The standard InChI is InChI=1S/C28H34FN5O5/c1-15(19-10-9-18(29)12-20(19)26(35)36)38-22-11-17(13-31-25(22)30)23-21(34(6)32-24(23)16-7-8-16)14-33(5)27(37)39-28(2,3)4/h9-13,15-16H,7-8,14H2,1-6H3,(H2,30,31)(H,35,36). The van der Waals surface area contributed by atoms with Crippen molar-refractivity contribution in [3.63, 3.8) is 0 Å². The lowest BCUT2D eigenvalue weighted by Crippen LogP contribution is -2.34. The van der Waals surface area contributed by atoms with E-state index in [0.29, 0.717) is 17.0 Å². The molecule has 0 radical (unpaired) electrons. The molecule has 1 aliphatic rings. The first-order chi connectivity index (χ1) is 18.2. The number of amides is 1. The number of halogens is 1. The predicted octanol–water partition coefficient (Wildman–Crippen LogP) is 5.29. The highest BCUT2D eigenvalue weighted by Gasteiger charge is 2.33. The first-order valence-corrected chi connectivity index (χ1v) is 12.7. The molecule has 1 unspecified atom stereocenters. The second-order valence-electron chi connectivity index (χ2n) is 10.8. The predicted molar refractivity (Wildman–Crippen MR) is 143 cm³/mol. The smallest absolute Gasteiger partial charge is 0.410 e. The van der Waals surface area contributed by atoms with Crippen LogP contribution in [0.4, 0.5) is 15.0 Å². The van der Waals surface area contributed by atoms with E-state index in [-0.39, 0.29) is 23.7 Å². The van der Waals surface area contributed by atoms with E-state index >= 15 is 0 Å².